The highest BCUT2D eigenvalue weighted by Crippen LogP contribution is 2.40. The maximum atomic E-state index is 9.80. The fourth-order valence-electron chi connectivity index (χ4n) is 3.15. The Morgan fingerprint density at radius 2 is 2.06 bits per heavy atom. The van der Waals surface area contributed by atoms with Gasteiger partial charge in [0.25, 0.3) is 0 Å². The molecule has 16 heavy (non-hydrogen) atoms. The van der Waals surface area contributed by atoms with Crippen molar-refractivity contribution >= 4 is 0 Å². The monoisotopic (exact) mass is 218 g/mol. The molecule has 1 heterocycles. The Morgan fingerprint density at radius 3 is 3.00 bits per heavy atom. The molecule has 4 unspecified atom stereocenters. The molecule has 1 N–H and O–H groups in total. The Kier molecular flexibility index (Phi) is 2.60. The zero-order valence-corrected chi connectivity index (χ0v) is 9.38. The van der Waals surface area contributed by atoms with E-state index in [1.807, 2.05) is 0 Å². The maximum Gasteiger partial charge on any atom is 0.0886 e. The summed E-state index contributed by atoms with van der Waals surface area (Å²) in [6.07, 6.45) is 13.9. The van der Waals surface area contributed by atoms with Gasteiger partial charge in [-0.15, -0.1) is 0 Å². The molecule has 0 aromatic heterocycles. The summed E-state index contributed by atoms with van der Waals surface area (Å²) in [6, 6.07) is 0. The lowest BCUT2D eigenvalue weighted by molar-refractivity contribution is -0.0416. The number of aliphatic hydroxyl groups excluding tert-OH is 1. The van der Waals surface area contributed by atoms with Gasteiger partial charge in [0.1, 0.15) is 0 Å². The molecule has 4 atom stereocenters. The fraction of sp³-hybridized carbons (Fsp3) is 0.571. The van der Waals surface area contributed by atoms with E-state index in [4.69, 9.17) is 4.74 Å². The molecule has 1 aliphatic heterocycles. The molecular weight excluding hydrogens is 200 g/mol. The number of ether oxygens (including phenoxy) is 1. The van der Waals surface area contributed by atoms with Crippen molar-refractivity contribution in [3.05, 3.63) is 36.1 Å². The van der Waals surface area contributed by atoms with Gasteiger partial charge in [-0.05, 0) is 30.8 Å². The van der Waals surface area contributed by atoms with E-state index >= 15 is 0 Å². The van der Waals surface area contributed by atoms with E-state index in [9.17, 15) is 5.11 Å². The lowest BCUT2D eigenvalue weighted by Gasteiger charge is -2.40. The molecule has 86 valence electrons. The van der Waals surface area contributed by atoms with Crippen molar-refractivity contribution in [2.75, 3.05) is 6.61 Å². The number of hydrogen-bond donors (Lipinski definition) is 1. The first-order valence-electron chi connectivity index (χ1n) is 6.21. The topological polar surface area (TPSA) is 29.5 Å². The van der Waals surface area contributed by atoms with E-state index in [-0.39, 0.29) is 6.10 Å². The van der Waals surface area contributed by atoms with Crippen molar-refractivity contribution in [2.45, 2.75) is 25.4 Å². The van der Waals surface area contributed by atoms with Gasteiger partial charge < -0.3 is 9.84 Å². The van der Waals surface area contributed by atoms with Crippen LogP contribution in [0.15, 0.2) is 36.1 Å². The molecule has 2 nitrogen and oxygen atoms in total. The number of aliphatic hydroxyl groups is 1. The van der Waals surface area contributed by atoms with E-state index in [0.717, 1.165) is 19.4 Å². The normalized spacial score (nSPS) is 41.9. The van der Waals surface area contributed by atoms with Crippen molar-refractivity contribution < 1.29 is 9.84 Å². The zero-order valence-electron chi connectivity index (χ0n) is 9.38. The van der Waals surface area contributed by atoms with E-state index < -0.39 is 0 Å². The number of rotatable bonds is 0. The molecule has 1 fully saturated rings. The Balaban J connectivity index is 1.89. The first kappa shape index (κ1) is 10.2. The van der Waals surface area contributed by atoms with Gasteiger partial charge in [-0.25, -0.2) is 0 Å². The lowest BCUT2D eigenvalue weighted by atomic mass is 9.74. The Bertz CT molecular complexity index is 354. The SMILES string of the molecule is OC1=CC2C(CCC1)COC1C=CC=CC12. The molecule has 3 aliphatic rings. The van der Waals surface area contributed by atoms with Gasteiger partial charge in [-0.2, -0.15) is 0 Å². The number of fused-ring (bicyclic) bond motifs is 3. The predicted octanol–water partition coefficient (Wildman–Crippen LogP) is 2.99. The van der Waals surface area contributed by atoms with Crippen LogP contribution < -0.4 is 0 Å². The molecular formula is C14H18O2. The van der Waals surface area contributed by atoms with E-state index in [1.165, 1.54) is 6.42 Å². The van der Waals surface area contributed by atoms with Crippen LogP contribution in [0.1, 0.15) is 19.3 Å². The summed E-state index contributed by atoms with van der Waals surface area (Å²) in [5.41, 5.74) is 0. The van der Waals surface area contributed by atoms with Gasteiger partial charge >= 0.3 is 0 Å². The average molecular weight is 218 g/mol. The van der Waals surface area contributed by atoms with Gasteiger partial charge in [0, 0.05) is 12.3 Å². The molecule has 0 aromatic carbocycles. The van der Waals surface area contributed by atoms with Crippen molar-refractivity contribution in [3.8, 4) is 0 Å². The fourth-order valence-corrected chi connectivity index (χ4v) is 3.15. The van der Waals surface area contributed by atoms with E-state index in [0.29, 0.717) is 23.5 Å². The average Bonchev–Trinajstić information content (AvgIpc) is 2.50. The maximum absolute atomic E-state index is 9.80. The van der Waals surface area contributed by atoms with Crippen molar-refractivity contribution in [3.63, 3.8) is 0 Å². The molecule has 2 aliphatic carbocycles. The summed E-state index contributed by atoms with van der Waals surface area (Å²) >= 11 is 0. The van der Waals surface area contributed by atoms with Gasteiger partial charge in [-0.3, -0.25) is 0 Å². The third kappa shape index (κ3) is 1.71. The molecule has 0 saturated carbocycles. The molecule has 0 radical (unpaired) electrons. The lowest BCUT2D eigenvalue weighted by Crippen LogP contribution is -2.40. The van der Waals surface area contributed by atoms with Crippen LogP contribution in [0.5, 0.6) is 0 Å². The quantitative estimate of drug-likeness (QED) is 0.677. The van der Waals surface area contributed by atoms with Crippen molar-refractivity contribution in [2.24, 2.45) is 17.8 Å². The minimum Gasteiger partial charge on any atom is -0.513 e. The van der Waals surface area contributed by atoms with Crippen molar-refractivity contribution in [1.29, 1.82) is 0 Å². The summed E-state index contributed by atoms with van der Waals surface area (Å²) in [5, 5.41) is 9.80. The summed E-state index contributed by atoms with van der Waals surface area (Å²) in [4.78, 5) is 0. The van der Waals surface area contributed by atoms with Crippen LogP contribution in [-0.4, -0.2) is 17.8 Å². The first-order valence-corrected chi connectivity index (χ1v) is 6.21. The number of allylic oxidation sites excluding steroid dienone is 4. The summed E-state index contributed by atoms with van der Waals surface area (Å²) in [7, 11) is 0. The highest BCUT2D eigenvalue weighted by atomic mass is 16.5. The van der Waals surface area contributed by atoms with Gasteiger partial charge in [-0.1, -0.05) is 24.3 Å². The Labute approximate surface area is 96.3 Å². The van der Waals surface area contributed by atoms with Crippen LogP contribution in [0.2, 0.25) is 0 Å². The summed E-state index contributed by atoms with van der Waals surface area (Å²) < 4.78 is 5.89. The minimum absolute atomic E-state index is 0.216. The van der Waals surface area contributed by atoms with Crippen LogP contribution in [0.4, 0.5) is 0 Å². The first-order chi connectivity index (χ1) is 7.84. The molecule has 3 rings (SSSR count). The van der Waals surface area contributed by atoms with Crippen LogP contribution in [0.25, 0.3) is 0 Å². The second-order valence-corrected chi connectivity index (χ2v) is 5.03. The molecule has 0 spiro atoms. The number of hydrogen-bond acceptors (Lipinski definition) is 2. The molecule has 2 heteroatoms. The standard InChI is InChI=1S/C14H18O2/c15-11-5-3-4-10-9-16-14-7-2-1-6-12(14)13(10)8-11/h1-2,6-8,10,12-15H,3-5,9H2. The minimum atomic E-state index is 0.216. The zero-order chi connectivity index (χ0) is 11.0. The third-order valence-electron chi connectivity index (χ3n) is 4.01. The second kappa shape index (κ2) is 4.10. The largest absolute Gasteiger partial charge is 0.513 e. The molecule has 0 amide bonds. The van der Waals surface area contributed by atoms with Crippen LogP contribution in [0, 0.1) is 17.8 Å². The second-order valence-electron chi connectivity index (χ2n) is 5.03. The molecule has 1 saturated heterocycles. The van der Waals surface area contributed by atoms with Gasteiger partial charge in [0.2, 0.25) is 0 Å². The van der Waals surface area contributed by atoms with Gasteiger partial charge in [0.05, 0.1) is 18.5 Å². The highest BCUT2D eigenvalue weighted by Gasteiger charge is 2.38. The predicted molar refractivity (Wildman–Crippen MR) is 63.1 cm³/mol. The van der Waals surface area contributed by atoms with E-state index in [2.05, 4.69) is 30.4 Å². The Morgan fingerprint density at radius 1 is 1.19 bits per heavy atom. The summed E-state index contributed by atoms with van der Waals surface area (Å²) in [6.45, 7) is 0.841. The highest BCUT2D eigenvalue weighted by molar-refractivity contribution is 5.21. The van der Waals surface area contributed by atoms with Crippen LogP contribution in [0.3, 0.4) is 0 Å². The van der Waals surface area contributed by atoms with Gasteiger partial charge in [0.15, 0.2) is 0 Å². The van der Waals surface area contributed by atoms with Crippen LogP contribution >= 0.6 is 0 Å². The van der Waals surface area contributed by atoms with Crippen LogP contribution in [-0.2, 0) is 4.74 Å². The van der Waals surface area contributed by atoms with E-state index in [1.54, 1.807) is 0 Å². The smallest absolute Gasteiger partial charge is 0.0886 e. The molecule has 0 bridgehead atoms. The van der Waals surface area contributed by atoms with Crippen molar-refractivity contribution in [1.82, 2.24) is 0 Å². The Hall–Kier alpha value is -1.02. The molecule has 0 aromatic rings. The third-order valence-corrected chi connectivity index (χ3v) is 4.01. The summed E-state index contributed by atoms with van der Waals surface area (Å²) in [5.74, 6) is 2.05.